The summed E-state index contributed by atoms with van der Waals surface area (Å²) in [6.45, 7) is 1.52. The van der Waals surface area contributed by atoms with Gasteiger partial charge in [0.05, 0.1) is 4.92 Å². The number of hydrogen-bond donors (Lipinski definition) is 1. The van der Waals surface area contributed by atoms with E-state index in [0.29, 0.717) is 35.4 Å². The number of aromatic nitrogens is 2. The number of amides is 2. The molecule has 0 unspecified atom stereocenters. The van der Waals surface area contributed by atoms with Gasteiger partial charge < -0.3 is 5.73 Å². The zero-order valence-electron chi connectivity index (χ0n) is 14.8. The van der Waals surface area contributed by atoms with Gasteiger partial charge in [-0.2, -0.15) is 8.78 Å². The minimum Gasteiger partial charge on any atom is -0.351 e. The van der Waals surface area contributed by atoms with Crippen LogP contribution in [0.2, 0.25) is 0 Å². The highest BCUT2D eigenvalue weighted by Crippen LogP contribution is 2.40. The van der Waals surface area contributed by atoms with Crippen molar-refractivity contribution in [3.63, 3.8) is 0 Å². The first-order valence-electron chi connectivity index (χ1n) is 8.41. The van der Waals surface area contributed by atoms with Crippen LogP contribution in [0.4, 0.5) is 30.9 Å². The molecule has 0 bridgehead atoms. The van der Waals surface area contributed by atoms with Crippen LogP contribution in [0.3, 0.4) is 0 Å². The molecule has 3 rings (SSSR count). The van der Waals surface area contributed by atoms with Gasteiger partial charge in [-0.3, -0.25) is 10.1 Å². The number of aryl methyl sites for hydroxylation is 2. The molecule has 28 heavy (non-hydrogen) atoms. The van der Waals surface area contributed by atoms with E-state index in [1.807, 2.05) is 0 Å². The summed E-state index contributed by atoms with van der Waals surface area (Å²) in [6.07, 6.45) is 2.12. The lowest BCUT2D eigenvalue weighted by atomic mass is 9.94. The maximum absolute atomic E-state index is 14.0. The molecule has 0 atom stereocenters. The predicted octanol–water partition coefficient (Wildman–Crippen LogP) is 4.08. The molecule has 148 valence electrons. The molecule has 0 radical (unpaired) electrons. The van der Waals surface area contributed by atoms with Gasteiger partial charge >= 0.3 is 11.4 Å². The third-order valence-corrected chi connectivity index (χ3v) is 4.68. The van der Waals surface area contributed by atoms with Crippen molar-refractivity contribution in [3.8, 4) is 0 Å². The van der Waals surface area contributed by atoms with Crippen LogP contribution in [-0.2, 0) is 18.2 Å². The number of nitro groups is 1. The number of fused-ring (bicyclic) bond motifs is 1. The molecule has 11 heteroatoms. The van der Waals surface area contributed by atoms with Gasteiger partial charge in [0.15, 0.2) is 0 Å². The Morgan fingerprint density at radius 3 is 2.61 bits per heavy atom. The number of nitro benzene ring substituents is 1. The van der Waals surface area contributed by atoms with Crippen LogP contribution >= 0.6 is 11.6 Å². The number of carbonyl (C=O) groups is 1. The molecule has 1 aromatic carbocycles. The van der Waals surface area contributed by atoms with Crippen molar-refractivity contribution in [1.29, 1.82) is 0 Å². The molecule has 0 spiro atoms. The van der Waals surface area contributed by atoms with Crippen molar-refractivity contribution in [2.24, 2.45) is 5.73 Å². The van der Waals surface area contributed by atoms with Crippen molar-refractivity contribution in [2.75, 3.05) is 4.90 Å². The fraction of sp³-hybridized carbons (Fsp3) is 0.353. The van der Waals surface area contributed by atoms with Gasteiger partial charge in [-0.05, 0) is 49.8 Å². The molecule has 1 heterocycles. The van der Waals surface area contributed by atoms with E-state index in [-0.39, 0.29) is 11.3 Å². The van der Waals surface area contributed by atoms with Crippen molar-refractivity contribution < 1.29 is 18.5 Å². The summed E-state index contributed by atoms with van der Waals surface area (Å²) in [6, 6.07) is 2.99. The molecular formula is C17H16ClF2N5O3. The van der Waals surface area contributed by atoms with E-state index in [0.717, 1.165) is 6.42 Å². The molecule has 0 aliphatic heterocycles. The first-order chi connectivity index (χ1) is 13.1. The largest absolute Gasteiger partial charge is 0.365 e. The van der Waals surface area contributed by atoms with E-state index in [1.165, 1.54) is 25.1 Å². The molecule has 2 N–H and O–H groups in total. The summed E-state index contributed by atoms with van der Waals surface area (Å²) >= 11 is 5.24. The van der Waals surface area contributed by atoms with Gasteiger partial charge in [-0.1, -0.05) is 12.1 Å². The van der Waals surface area contributed by atoms with E-state index in [1.54, 1.807) is 0 Å². The summed E-state index contributed by atoms with van der Waals surface area (Å²) < 4.78 is 28.0. The fourth-order valence-corrected chi connectivity index (χ4v) is 3.46. The Kier molecular flexibility index (Phi) is 5.16. The van der Waals surface area contributed by atoms with Crippen molar-refractivity contribution in [2.45, 2.75) is 38.0 Å². The predicted molar refractivity (Wildman–Crippen MR) is 98.0 cm³/mol. The highest BCUT2D eigenvalue weighted by Gasteiger charge is 2.38. The maximum atomic E-state index is 14.0. The molecule has 0 fully saturated rings. The van der Waals surface area contributed by atoms with Crippen molar-refractivity contribution in [3.05, 3.63) is 50.8 Å². The van der Waals surface area contributed by atoms with Crippen LogP contribution in [0, 0.1) is 17.0 Å². The maximum Gasteiger partial charge on any atom is 0.365 e. The Labute approximate surface area is 163 Å². The lowest BCUT2D eigenvalue weighted by molar-refractivity contribution is -0.384. The van der Waals surface area contributed by atoms with Crippen LogP contribution in [-0.4, -0.2) is 20.9 Å². The Hall–Kier alpha value is -2.88. The quantitative estimate of drug-likeness (QED) is 0.462. The Balaban J connectivity index is 2.29. The lowest BCUT2D eigenvalue weighted by Crippen LogP contribution is -2.35. The van der Waals surface area contributed by atoms with Crippen LogP contribution in [0.5, 0.6) is 0 Å². The van der Waals surface area contributed by atoms with Gasteiger partial charge in [-0.15, -0.1) is 0 Å². The minimum atomic E-state index is -3.79. The number of benzene rings is 1. The van der Waals surface area contributed by atoms with Gasteiger partial charge in [0, 0.05) is 17.3 Å². The average molecular weight is 412 g/mol. The first kappa shape index (κ1) is 19.9. The number of carbonyl (C=O) groups excluding carboxylic acids is 1. The number of halogens is 3. The molecule has 1 aliphatic rings. The topological polar surface area (TPSA) is 115 Å². The van der Waals surface area contributed by atoms with E-state index in [9.17, 15) is 23.7 Å². The monoisotopic (exact) mass is 411 g/mol. The summed E-state index contributed by atoms with van der Waals surface area (Å²) in [5, 5.41) is 7.64. The highest BCUT2D eigenvalue weighted by atomic mass is 35.5. The van der Waals surface area contributed by atoms with Crippen LogP contribution in [0.15, 0.2) is 18.2 Å². The molecular weight excluding hydrogens is 396 g/mol. The molecule has 2 aromatic rings. The smallest absolute Gasteiger partial charge is 0.351 e. The SMILES string of the molecule is Cc1cccc([N+](=O)[O-])c1N(C(N)=O)c1nc2c(c(C(F)(F)Cl)n1)CCCC2. The number of anilines is 2. The van der Waals surface area contributed by atoms with Crippen LogP contribution in [0.1, 0.15) is 35.4 Å². The Morgan fingerprint density at radius 1 is 1.32 bits per heavy atom. The van der Waals surface area contributed by atoms with Crippen LogP contribution < -0.4 is 10.6 Å². The van der Waals surface area contributed by atoms with Crippen molar-refractivity contribution in [1.82, 2.24) is 9.97 Å². The average Bonchev–Trinajstić information content (AvgIpc) is 2.61. The third kappa shape index (κ3) is 3.59. The number of hydrogen-bond acceptors (Lipinski definition) is 5. The van der Waals surface area contributed by atoms with E-state index < -0.39 is 33.7 Å². The molecule has 2 amide bonds. The van der Waals surface area contributed by atoms with Crippen LogP contribution in [0.25, 0.3) is 0 Å². The molecule has 1 aliphatic carbocycles. The standard InChI is InChI=1S/C17H16ClF2N5O3/c1-9-5-4-8-12(25(27)28)13(9)24(15(21)26)16-22-11-7-3-2-6-10(11)14(23-16)17(18,19)20/h4-5,8H,2-3,6-7H2,1H3,(H2,21,26). The molecule has 0 saturated heterocycles. The zero-order valence-corrected chi connectivity index (χ0v) is 15.5. The Bertz CT molecular complexity index is 965. The second kappa shape index (κ2) is 7.27. The first-order valence-corrected chi connectivity index (χ1v) is 8.79. The fourth-order valence-electron chi connectivity index (χ4n) is 3.31. The lowest BCUT2D eigenvalue weighted by Gasteiger charge is -2.25. The van der Waals surface area contributed by atoms with Gasteiger partial charge in [0.1, 0.15) is 11.4 Å². The normalized spacial score (nSPS) is 13.7. The second-order valence-corrected chi connectivity index (χ2v) is 6.85. The third-order valence-electron chi connectivity index (χ3n) is 4.50. The molecule has 1 aromatic heterocycles. The molecule has 0 saturated carbocycles. The number of primary amides is 1. The number of nitrogens with two attached hydrogens (primary N) is 1. The minimum absolute atomic E-state index is 0.181. The number of para-hydroxylation sites is 1. The number of rotatable bonds is 4. The zero-order chi connectivity index (χ0) is 20.6. The van der Waals surface area contributed by atoms with E-state index in [2.05, 4.69) is 9.97 Å². The van der Waals surface area contributed by atoms with Crippen molar-refractivity contribution >= 4 is 35.0 Å². The van der Waals surface area contributed by atoms with Gasteiger partial charge in [0.2, 0.25) is 5.95 Å². The van der Waals surface area contributed by atoms with Gasteiger partial charge in [0.25, 0.3) is 5.69 Å². The summed E-state index contributed by atoms with van der Waals surface area (Å²) in [5.74, 6) is -0.471. The molecule has 8 nitrogen and oxygen atoms in total. The highest BCUT2D eigenvalue weighted by molar-refractivity contribution is 6.21. The van der Waals surface area contributed by atoms with E-state index >= 15 is 0 Å². The number of urea groups is 1. The summed E-state index contributed by atoms with van der Waals surface area (Å²) in [4.78, 5) is 31.6. The number of alkyl halides is 3. The second-order valence-electron chi connectivity index (χ2n) is 6.38. The number of nitrogens with zero attached hydrogens (tertiary/aromatic N) is 4. The van der Waals surface area contributed by atoms with E-state index in [4.69, 9.17) is 17.3 Å². The summed E-state index contributed by atoms with van der Waals surface area (Å²) in [5.41, 5.74) is 5.00. The summed E-state index contributed by atoms with van der Waals surface area (Å²) in [7, 11) is 0. The van der Waals surface area contributed by atoms with Gasteiger partial charge in [-0.25, -0.2) is 19.7 Å². The Morgan fingerprint density at radius 2 is 2.00 bits per heavy atom.